The molecule has 0 atom stereocenters. The summed E-state index contributed by atoms with van der Waals surface area (Å²) in [6.45, 7) is 1.88. The maximum absolute atomic E-state index is 11.2. The van der Waals surface area contributed by atoms with Gasteiger partial charge in [0.1, 0.15) is 0 Å². The van der Waals surface area contributed by atoms with Crippen molar-refractivity contribution < 1.29 is 0 Å². The number of aromatic nitrogens is 4. The normalized spacial score (nSPS) is 14.0. The number of imidazole rings is 1. The Labute approximate surface area is 146 Å². The van der Waals surface area contributed by atoms with Crippen LogP contribution in [0.1, 0.15) is 41.1 Å². The van der Waals surface area contributed by atoms with Crippen molar-refractivity contribution in [1.29, 1.82) is 0 Å². The van der Waals surface area contributed by atoms with Gasteiger partial charge < -0.3 is 4.57 Å². The van der Waals surface area contributed by atoms with Crippen LogP contribution in [0.25, 0.3) is 17.8 Å². The number of nitrogens with zero attached hydrogens (tertiary/aromatic N) is 3. The highest BCUT2D eigenvalue weighted by molar-refractivity contribution is 5.69. The first-order valence-electron chi connectivity index (χ1n) is 8.61. The van der Waals surface area contributed by atoms with Gasteiger partial charge in [0.05, 0.1) is 17.7 Å². The van der Waals surface area contributed by atoms with Crippen molar-refractivity contribution in [2.24, 2.45) is 0 Å². The van der Waals surface area contributed by atoms with Crippen LogP contribution in [-0.2, 0) is 12.8 Å². The molecule has 0 bridgehead atoms. The topological polar surface area (TPSA) is 63.6 Å². The molecule has 25 heavy (non-hydrogen) atoms. The second-order valence-electron chi connectivity index (χ2n) is 6.44. The summed E-state index contributed by atoms with van der Waals surface area (Å²) < 4.78 is 2.20. The molecule has 126 valence electrons. The Morgan fingerprint density at radius 2 is 1.92 bits per heavy atom. The second kappa shape index (κ2) is 6.51. The lowest BCUT2D eigenvalue weighted by atomic mass is 10.0. The first-order valence-corrected chi connectivity index (χ1v) is 8.61. The molecule has 0 radical (unpaired) electrons. The fourth-order valence-electron chi connectivity index (χ4n) is 3.29. The minimum Gasteiger partial charge on any atom is -0.303 e. The third kappa shape index (κ3) is 3.18. The Morgan fingerprint density at radius 1 is 1.12 bits per heavy atom. The van der Waals surface area contributed by atoms with E-state index in [1.807, 2.05) is 25.4 Å². The molecule has 5 nitrogen and oxygen atoms in total. The van der Waals surface area contributed by atoms with E-state index < -0.39 is 0 Å². The van der Waals surface area contributed by atoms with Crippen LogP contribution in [0.3, 0.4) is 0 Å². The van der Waals surface area contributed by atoms with Gasteiger partial charge in [-0.05, 0) is 61.9 Å². The van der Waals surface area contributed by atoms with Crippen LogP contribution in [0.5, 0.6) is 0 Å². The Hall–Kier alpha value is -2.95. The molecule has 2 aromatic heterocycles. The largest absolute Gasteiger partial charge is 0.303 e. The van der Waals surface area contributed by atoms with Crippen molar-refractivity contribution in [2.75, 3.05) is 0 Å². The highest BCUT2D eigenvalue weighted by atomic mass is 16.1. The molecule has 0 unspecified atom stereocenters. The SMILES string of the molecule is Cc1cc(=O)[nH]nc1C=Cc1ccc(-n2cnc3c2CCCC3)cc1. The van der Waals surface area contributed by atoms with Crippen molar-refractivity contribution >= 4 is 12.2 Å². The molecular formula is C20H20N4O. The molecular weight excluding hydrogens is 312 g/mol. The monoisotopic (exact) mass is 332 g/mol. The van der Waals surface area contributed by atoms with Gasteiger partial charge in [0, 0.05) is 17.4 Å². The van der Waals surface area contributed by atoms with Crippen LogP contribution in [0.4, 0.5) is 0 Å². The lowest BCUT2D eigenvalue weighted by Crippen LogP contribution is -2.08. The van der Waals surface area contributed by atoms with Crippen molar-refractivity contribution in [3.63, 3.8) is 0 Å². The third-order valence-electron chi connectivity index (χ3n) is 4.67. The van der Waals surface area contributed by atoms with Crippen LogP contribution in [0, 0.1) is 6.92 Å². The lowest BCUT2D eigenvalue weighted by Gasteiger charge is -2.14. The van der Waals surface area contributed by atoms with Crippen molar-refractivity contribution in [2.45, 2.75) is 32.6 Å². The van der Waals surface area contributed by atoms with Gasteiger partial charge in [-0.3, -0.25) is 4.79 Å². The quantitative estimate of drug-likeness (QED) is 0.800. The summed E-state index contributed by atoms with van der Waals surface area (Å²) in [5.41, 5.74) is 6.28. The van der Waals surface area contributed by atoms with E-state index in [-0.39, 0.29) is 5.56 Å². The number of rotatable bonds is 3. The van der Waals surface area contributed by atoms with Gasteiger partial charge in [0.2, 0.25) is 0 Å². The number of hydrogen-bond acceptors (Lipinski definition) is 3. The molecule has 1 aromatic carbocycles. The average molecular weight is 332 g/mol. The van der Waals surface area contributed by atoms with Gasteiger partial charge in [0.25, 0.3) is 5.56 Å². The minimum atomic E-state index is -0.178. The van der Waals surface area contributed by atoms with Crippen LogP contribution in [0.2, 0.25) is 0 Å². The zero-order valence-corrected chi connectivity index (χ0v) is 14.2. The maximum atomic E-state index is 11.2. The highest BCUT2D eigenvalue weighted by Gasteiger charge is 2.15. The third-order valence-corrected chi connectivity index (χ3v) is 4.67. The molecule has 0 fully saturated rings. The minimum absolute atomic E-state index is 0.178. The molecule has 0 spiro atoms. The smallest absolute Gasteiger partial charge is 0.264 e. The van der Waals surface area contributed by atoms with Gasteiger partial charge in [0.15, 0.2) is 0 Å². The van der Waals surface area contributed by atoms with Gasteiger partial charge in [-0.15, -0.1) is 0 Å². The number of aryl methyl sites for hydroxylation is 2. The number of hydrogen-bond donors (Lipinski definition) is 1. The summed E-state index contributed by atoms with van der Waals surface area (Å²) >= 11 is 0. The predicted octanol–water partition coefficient (Wildman–Crippen LogP) is 3.31. The van der Waals surface area contributed by atoms with E-state index in [2.05, 4.69) is 44.0 Å². The summed E-state index contributed by atoms with van der Waals surface area (Å²) in [5, 5.41) is 6.53. The molecule has 4 rings (SSSR count). The summed E-state index contributed by atoms with van der Waals surface area (Å²) in [4.78, 5) is 15.8. The van der Waals surface area contributed by atoms with Crippen LogP contribution in [0.15, 0.2) is 41.5 Å². The summed E-state index contributed by atoms with van der Waals surface area (Å²) in [5.74, 6) is 0. The fourth-order valence-corrected chi connectivity index (χ4v) is 3.29. The van der Waals surface area contributed by atoms with E-state index in [1.54, 1.807) is 6.07 Å². The van der Waals surface area contributed by atoms with Crippen molar-refractivity contribution in [3.8, 4) is 5.69 Å². The van der Waals surface area contributed by atoms with Crippen molar-refractivity contribution in [1.82, 2.24) is 19.7 Å². The average Bonchev–Trinajstić information content (AvgIpc) is 3.06. The van der Waals surface area contributed by atoms with Crippen LogP contribution in [-0.4, -0.2) is 19.7 Å². The predicted molar refractivity (Wildman–Crippen MR) is 98.7 cm³/mol. The molecule has 5 heteroatoms. The molecule has 0 saturated carbocycles. The summed E-state index contributed by atoms with van der Waals surface area (Å²) in [6.07, 6.45) is 10.5. The molecule has 0 aliphatic heterocycles. The van der Waals surface area contributed by atoms with E-state index in [0.29, 0.717) is 0 Å². The Morgan fingerprint density at radius 3 is 2.72 bits per heavy atom. The maximum Gasteiger partial charge on any atom is 0.264 e. The molecule has 3 aromatic rings. The van der Waals surface area contributed by atoms with Gasteiger partial charge in [-0.2, -0.15) is 5.10 Å². The molecule has 2 heterocycles. The first kappa shape index (κ1) is 15.6. The number of benzene rings is 1. The van der Waals surface area contributed by atoms with E-state index in [1.165, 1.54) is 24.2 Å². The van der Waals surface area contributed by atoms with Gasteiger partial charge in [-0.25, -0.2) is 10.1 Å². The standard InChI is InChI=1S/C20H20N4O/c1-14-12-20(25)23-22-17(14)11-8-15-6-9-16(10-7-15)24-13-21-18-4-2-3-5-19(18)24/h6-13H,2-5H2,1H3,(H,23,25). The van der Waals surface area contributed by atoms with Crippen LogP contribution >= 0.6 is 0 Å². The Bertz CT molecular complexity index is 980. The van der Waals surface area contributed by atoms with E-state index in [4.69, 9.17) is 0 Å². The number of nitrogens with one attached hydrogen (secondary N) is 1. The summed E-state index contributed by atoms with van der Waals surface area (Å²) in [7, 11) is 0. The number of aromatic amines is 1. The first-order chi connectivity index (χ1) is 12.2. The number of fused-ring (bicyclic) bond motifs is 1. The van der Waals surface area contributed by atoms with E-state index >= 15 is 0 Å². The zero-order chi connectivity index (χ0) is 17.2. The summed E-state index contributed by atoms with van der Waals surface area (Å²) in [6, 6.07) is 9.95. The molecule has 1 N–H and O–H groups in total. The fraction of sp³-hybridized carbons (Fsp3) is 0.250. The Kier molecular flexibility index (Phi) is 4.06. The molecule has 0 saturated heterocycles. The van der Waals surface area contributed by atoms with Gasteiger partial charge >= 0.3 is 0 Å². The molecule has 0 amide bonds. The Balaban J connectivity index is 1.57. The van der Waals surface area contributed by atoms with Crippen molar-refractivity contribution in [3.05, 3.63) is 75.2 Å². The lowest BCUT2D eigenvalue weighted by molar-refractivity contribution is 0.656. The number of H-pyrrole nitrogens is 1. The molecule has 1 aliphatic rings. The van der Waals surface area contributed by atoms with E-state index in [0.717, 1.165) is 35.3 Å². The van der Waals surface area contributed by atoms with E-state index in [9.17, 15) is 4.79 Å². The zero-order valence-electron chi connectivity index (χ0n) is 14.2. The molecule has 1 aliphatic carbocycles. The van der Waals surface area contributed by atoms with Crippen LogP contribution < -0.4 is 5.56 Å². The van der Waals surface area contributed by atoms with Gasteiger partial charge in [-0.1, -0.05) is 18.2 Å². The highest BCUT2D eigenvalue weighted by Crippen LogP contribution is 2.23. The second-order valence-corrected chi connectivity index (χ2v) is 6.44.